The van der Waals surface area contributed by atoms with Crippen LogP contribution in [0.15, 0.2) is 18.2 Å². The molecule has 0 fully saturated rings. The molecule has 1 N–H and O–H groups in total. The standard InChI is InChI=1S/C11H11Cl2N3S/c1-2-14-6-9-15-16-11(17-9)10-7(12)4-3-5-8(10)13/h3-5,14H,2,6H2,1H3. The van der Waals surface area contributed by atoms with Crippen LogP contribution in [0.2, 0.25) is 10.0 Å². The second kappa shape index (κ2) is 5.78. The van der Waals surface area contributed by atoms with E-state index >= 15 is 0 Å². The second-order valence-corrected chi connectivity index (χ2v) is 5.25. The van der Waals surface area contributed by atoms with Crippen molar-refractivity contribution in [3.63, 3.8) is 0 Å². The number of aromatic nitrogens is 2. The van der Waals surface area contributed by atoms with Crippen LogP contribution < -0.4 is 5.32 Å². The predicted octanol–water partition coefficient (Wildman–Crippen LogP) is 3.62. The molecule has 0 unspecified atom stereocenters. The van der Waals surface area contributed by atoms with E-state index < -0.39 is 0 Å². The van der Waals surface area contributed by atoms with Crippen molar-refractivity contribution in [2.75, 3.05) is 6.54 Å². The molecule has 0 aliphatic rings. The molecule has 1 aromatic carbocycles. The van der Waals surface area contributed by atoms with Crippen molar-refractivity contribution in [1.82, 2.24) is 15.5 Å². The van der Waals surface area contributed by atoms with Crippen molar-refractivity contribution in [2.24, 2.45) is 0 Å². The number of rotatable bonds is 4. The van der Waals surface area contributed by atoms with E-state index in [9.17, 15) is 0 Å². The Balaban J connectivity index is 2.30. The summed E-state index contributed by atoms with van der Waals surface area (Å²) in [5.74, 6) is 0. The molecule has 2 aromatic rings. The van der Waals surface area contributed by atoms with Crippen LogP contribution in [0.5, 0.6) is 0 Å². The fraction of sp³-hybridized carbons (Fsp3) is 0.273. The molecule has 2 rings (SSSR count). The van der Waals surface area contributed by atoms with Gasteiger partial charge in [0, 0.05) is 12.1 Å². The summed E-state index contributed by atoms with van der Waals surface area (Å²) >= 11 is 13.7. The SMILES string of the molecule is CCNCc1nnc(-c2c(Cl)cccc2Cl)s1. The Morgan fingerprint density at radius 1 is 1.24 bits per heavy atom. The summed E-state index contributed by atoms with van der Waals surface area (Å²) in [7, 11) is 0. The van der Waals surface area contributed by atoms with Crippen LogP contribution in [-0.2, 0) is 6.54 Å². The van der Waals surface area contributed by atoms with Crippen LogP contribution in [0.25, 0.3) is 10.6 Å². The topological polar surface area (TPSA) is 37.8 Å². The summed E-state index contributed by atoms with van der Waals surface area (Å²) in [4.78, 5) is 0. The van der Waals surface area contributed by atoms with Crippen LogP contribution in [0.1, 0.15) is 11.9 Å². The van der Waals surface area contributed by atoms with E-state index in [-0.39, 0.29) is 0 Å². The maximum atomic E-state index is 6.12. The van der Waals surface area contributed by atoms with Crippen molar-refractivity contribution in [3.8, 4) is 10.6 Å². The average molecular weight is 288 g/mol. The van der Waals surface area contributed by atoms with Crippen LogP contribution in [0, 0.1) is 0 Å². The second-order valence-electron chi connectivity index (χ2n) is 3.38. The lowest BCUT2D eigenvalue weighted by Gasteiger charge is -2.01. The largest absolute Gasteiger partial charge is 0.311 e. The Hall–Kier alpha value is -0.680. The monoisotopic (exact) mass is 287 g/mol. The van der Waals surface area contributed by atoms with Crippen molar-refractivity contribution in [3.05, 3.63) is 33.3 Å². The highest BCUT2D eigenvalue weighted by molar-refractivity contribution is 7.14. The van der Waals surface area contributed by atoms with Gasteiger partial charge in [-0.2, -0.15) is 0 Å². The van der Waals surface area contributed by atoms with Gasteiger partial charge in [-0.15, -0.1) is 10.2 Å². The Bertz CT molecular complexity index is 493. The van der Waals surface area contributed by atoms with Gasteiger partial charge in [-0.05, 0) is 18.7 Å². The molecule has 90 valence electrons. The summed E-state index contributed by atoms with van der Waals surface area (Å²) in [5, 5.41) is 14.3. The number of nitrogens with zero attached hydrogens (tertiary/aromatic N) is 2. The Labute approximate surface area is 114 Å². The highest BCUT2D eigenvalue weighted by atomic mass is 35.5. The summed E-state index contributed by atoms with van der Waals surface area (Å²) < 4.78 is 0. The summed E-state index contributed by atoms with van der Waals surface area (Å²) in [6.45, 7) is 3.67. The van der Waals surface area contributed by atoms with Gasteiger partial charge >= 0.3 is 0 Å². The normalized spacial score (nSPS) is 10.8. The minimum Gasteiger partial charge on any atom is -0.311 e. The lowest BCUT2D eigenvalue weighted by molar-refractivity contribution is 0.715. The van der Waals surface area contributed by atoms with E-state index in [1.165, 1.54) is 11.3 Å². The molecule has 1 heterocycles. The van der Waals surface area contributed by atoms with Gasteiger partial charge in [-0.3, -0.25) is 0 Å². The molecule has 0 aliphatic carbocycles. The third-order valence-electron chi connectivity index (χ3n) is 2.17. The zero-order chi connectivity index (χ0) is 12.3. The van der Waals surface area contributed by atoms with E-state index in [2.05, 4.69) is 15.5 Å². The van der Waals surface area contributed by atoms with Gasteiger partial charge in [0.15, 0.2) is 5.01 Å². The summed E-state index contributed by atoms with van der Waals surface area (Å²) in [5.41, 5.74) is 0.760. The minimum absolute atomic E-state index is 0.601. The van der Waals surface area contributed by atoms with Gasteiger partial charge in [-0.25, -0.2) is 0 Å². The lowest BCUT2D eigenvalue weighted by atomic mass is 10.2. The molecule has 0 saturated heterocycles. The smallest absolute Gasteiger partial charge is 0.150 e. The summed E-state index contributed by atoms with van der Waals surface area (Å²) in [6.07, 6.45) is 0. The van der Waals surface area contributed by atoms with Crippen LogP contribution in [0.3, 0.4) is 0 Å². The van der Waals surface area contributed by atoms with Crippen molar-refractivity contribution in [1.29, 1.82) is 0 Å². The molecule has 6 heteroatoms. The number of hydrogen-bond acceptors (Lipinski definition) is 4. The molecular weight excluding hydrogens is 277 g/mol. The maximum Gasteiger partial charge on any atom is 0.150 e. The van der Waals surface area contributed by atoms with Crippen molar-refractivity contribution >= 4 is 34.5 Å². The van der Waals surface area contributed by atoms with Crippen LogP contribution >= 0.6 is 34.5 Å². The lowest BCUT2D eigenvalue weighted by Crippen LogP contribution is -2.11. The van der Waals surface area contributed by atoms with E-state index in [0.717, 1.165) is 28.7 Å². The van der Waals surface area contributed by atoms with E-state index in [1.54, 1.807) is 12.1 Å². The average Bonchev–Trinajstić information content (AvgIpc) is 2.75. The first kappa shape index (κ1) is 12.8. The van der Waals surface area contributed by atoms with E-state index in [4.69, 9.17) is 23.2 Å². The first-order valence-corrected chi connectivity index (χ1v) is 6.77. The van der Waals surface area contributed by atoms with Gasteiger partial charge in [0.05, 0.1) is 10.0 Å². The zero-order valence-electron chi connectivity index (χ0n) is 9.20. The minimum atomic E-state index is 0.601. The molecule has 3 nitrogen and oxygen atoms in total. The molecule has 0 saturated carbocycles. The number of benzene rings is 1. The molecule has 1 aromatic heterocycles. The van der Waals surface area contributed by atoms with Gasteiger partial charge in [0.25, 0.3) is 0 Å². The Kier molecular flexibility index (Phi) is 4.34. The molecule has 0 amide bonds. The van der Waals surface area contributed by atoms with E-state index in [0.29, 0.717) is 10.0 Å². The van der Waals surface area contributed by atoms with Gasteiger partial charge in [0.2, 0.25) is 0 Å². The number of halogens is 2. The molecule has 0 atom stereocenters. The highest BCUT2D eigenvalue weighted by Crippen LogP contribution is 2.35. The zero-order valence-corrected chi connectivity index (χ0v) is 11.5. The molecule has 17 heavy (non-hydrogen) atoms. The number of hydrogen-bond donors (Lipinski definition) is 1. The first-order valence-electron chi connectivity index (χ1n) is 5.20. The molecule has 0 bridgehead atoms. The molecule has 0 radical (unpaired) electrons. The third-order valence-corrected chi connectivity index (χ3v) is 3.74. The van der Waals surface area contributed by atoms with Crippen molar-refractivity contribution < 1.29 is 0 Å². The quantitative estimate of drug-likeness (QED) is 0.933. The Morgan fingerprint density at radius 2 is 1.94 bits per heavy atom. The molecule has 0 aliphatic heterocycles. The molecule has 0 spiro atoms. The third kappa shape index (κ3) is 2.96. The van der Waals surface area contributed by atoms with Gasteiger partial charge in [0.1, 0.15) is 5.01 Å². The Morgan fingerprint density at radius 3 is 2.59 bits per heavy atom. The van der Waals surface area contributed by atoms with Gasteiger partial charge in [-0.1, -0.05) is 47.5 Å². The maximum absolute atomic E-state index is 6.12. The fourth-order valence-electron chi connectivity index (χ4n) is 1.36. The van der Waals surface area contributed by atoms with Gasteiger partial charge < -0.3 is 5.32 Å². The highest BCUT2D eigenvalue weighted by Gasteiger charge is 2.13. The first-order chi connectivity index (χ1) is 8.22. The number of nitrogens with one attached hydrogen (secondary N) is 1. The van der Waals surface area contributed by atoms with Crippen LogP contribution in [0.4, 0.5) is 0 Å². The molecular formula is C11H11Cl2N3S. The predicted molar refractivity (Wildman–Crippen MR) is 72.7 cm³/mol. The van der Waals surface area contributed by atoms with Crippen molar-refractivity contribution in [2.45, 2.75) is 13.5 Å². The summed E-state index contributed by atoms with van der Waals surface area (Å²) in [6, 6.07) is 5.41. The fourth-order valence-corrected chi connectivity index (χ4v) is 2.93. The van der Waals surface area contributed by atoms with Crippen LogP contribution in [-0.4, -0.2) is 16.7 Å². The van der Waals surface area contributed by atoms with E-state index in [1.807, 2.05) is 13.0 Å².